The van der Waals surface area contributed by atoms with E-state index in [0.29, 0.717) is 27.9 Å². The summed E-state index contributed by atoms with van der Waals surface area (Å²) in [5, 5.41) is 3.74. The lowest BCUT2D eigenvalue weighted by atomic mass is 10.1. The van der Waals surface area contributed by atoms with Crippen LogP contribution in [0.2, 0.25) is 5.02 Å². The molecule has 1 unspecified atom stereocenters. The lowest BCUT2D eigenvalue weighted by molar-refractivity contribution is 0.0602. The van der Waals surface area contributed by atoms with E-state index in [1.165, 1.54) is 20.0 Å². The van der Waals surface area contributed by atoms with Crippen molar-refractivity contribution in [2.24, 2.45) is 5.92 Å². The van der Waals surface area contributed by atoms with Crippen LogP contribution in [-0.2, 0) is 4.74 Å². The van der Waals surface area contributed by atoms with E-state index < -0.39 is 5.97 Å². The Hall–Kier alpha value is -1.42. The van der Waals surface area contributed by atoms with Crippen LogP contribution in [0.5, 0.6) is 0 Å². The van der Waals surface area contributed by atoms with Gasteiger partial charge in [-0.15, -0.1) is 0 Å². The number of nitrogen functional groups attached to an aromatic ring is 1. The highest BCUT2D eigenvalue weighted by molar-refractivity contribution is 6.34. The summed E-state index contributed by atoms with van der Waals surface area (Å²) in [4.78, 5) is 11.7. The minimum absolute atomic E-state index is 0.287. The van der Waals surface area contributed by atoms with Crippen LogP contribution in [-0.4, -0.2) is 19.1 Å². The quantitative estimate of drug-likeness (QED) is 0.651. The molecular weight excluding hydrogens is 252 g/mol. The molecule has 18 heavy (non-hydrogen) atoms. The second-order valence-corrected chi connectivity index (χ2v) is 5.09. The first-order valence-corrected chi connectivity index (χ1v) is 6.34. The fraction of sp³-hybridized carbons (Fsp3) is 0.462. The molecule has 2 rings (SSSR count). The van der Waals surface area contributed by atoms with E-state index in [2.05, 4.69) is 12.2 Å². The number of hydrogen-bond donors (Lipinski definition) is 2. The number of carbonyl (C=O) groups excluding carboxylic acids is 1. The molecule has 0 saturated heterocycles. The number of hydrogen-bond acceptors (Lipinski definition) is 4. The molecule has 0 aliphatic heterocycles. The van der Waals surface area contributed by atoms with E-state index in [1.54, 1.807) is 12.1 Å². The van der Waals surface area contributed by atoms with Crippen LogP contribution in [0.25, 0.3) is 0 Å². The molecule has 1 aromatic carbocycles. The summed E-state index contributed by atoms with van der Waals surface area (Å²) in [6, 6.07) is 3.50. The smallest absolute Gasteiger partial charge is 0.340 e. The first-order chi connectivity index (χ1) is 8.52. The summed E-state index contributed by atoms with van der Waals surface area (Å²) in [7, 11) is 1.34. The predicted octanol–water partition coefficient (Wildman–Crippen LogP) is 2.92. The topological polar surface area (TPSA) is 64.3 Å². The van der Waals surface area contributed by atoms with Crippen molar-refractivity contribution in [1.29, 1.82) is 0 Å². The Morgan fingerprint density at radius 1 is 1.56 bits per heavy atom. The van der Waals surface area contributed by atoms with Crippen LogP contribution >= 0.6 is 11.6 Å². The Balaban J connectivity index is 2.33. The third-order valence-electron chi connectivity index (χ3n) is 3.22. The molecule has 1 aliphatic carbocycles. The van der Waals surface area contributed by atoms with Crippen molar-refractivity contribution in [1.82, 2.24) is 0 Å². The average Bonchev–Trinajstić information content (AvgIpc) is 3.15. The first kappa shape index (κ1) is 13.0. The lowest BCUT2D eigenvalue weighted by Gasteiger charge is -2.18. The molecule has 1 atom stereocenters. The van der Waals surface area contributed by atoms with Gasteiger partial charge in [0.25, 0.3) is 0 Å². The molecule has 5 heteroatoms. The molecule has 98 valence electrons. The first-order valence-electron chi connectivity index (χ1n) is 5.96. The zero-order chi connectivity index (χ0) is 13.3. The van der Waals surface area contributed by atoms with E-state index in [0.717, 1.165) is 0 Å². The molecular formula is C13H17ClN2O2. The van der Waals surface area contributed by atoms with Crippen molar-refractivity contribution in [2.45, 2.75) is 25.8 Å². The predicted molar refractivity (Wildman–Crippen MR) is 73.0 cm³/mol. The van der Waals surface area contributed by atoms with Gasteiger partial charge in [0.1, 0.15) is 0 Å². The van der Waals surface area contributed by atoms with Crippen LogP contribution in [0.15, 0.2) is 12.1 Å². The zero-order valence-electron chi connectivity index (χ0n) is 10.5. The molecule has 1 fully saturated rings. The highest BCUT2D eigenvalue weighted by atomic mass is 35.5. The Morgan fingerprint density at radius 2 is 2.22 bits per heavy atom. The summed E-state index contributed by atoms with van der Waals surface area (Å²) in [5.74, 6) is 0.221. The van der Waals surface area contributed by atoms with Crippen molar-refractivity contribution in [3.63, 3.8) is 0 Å². The summed E-state index contributed by atoms with van der Waals surface area (Å²) in [6.07, 6.45) is 2.43. The van der Waals surface area contributed by atoms with E-state index in [4.69, 9.17) is 22.1 Å². The molecule has 0 radical (unpaired) electrons. The van der Waals surface area contributed by atoms with Gasteiger partial charge in [-0.25, -0.2) is 4.79 Å². The van der Waals surface area contributed by atoms with Gasteiger partial charge in [0.05, 0.1) is 23.4 Å². The van der Waals surface area contributed by atoms with Crippen LogP contribution < -0.4 is 11.1 Å². The maximum absolute atomic E-state index is 11.7. The van der Waals surface area contributed by atoms with E-state index in [9.17, 15) is 4.79 Å². The van der Waals surface area contributed by atoms with Gasteiger partial charge in [-0.3, -0.25) is 0 Å². The molecule has 0 aromatic heterocycles. The third-order valence-corrected chi connectivity index (χ3v) is 3.52. The lowest BCUT2D eigenvalue weighted by Crippen LogP contribution is -2.20. The number of halogens is 1. The second kappa shape index (κ2) is 5.06. The fourth-order valence-corrected chi connectivity index (χ4v) is 2.27. The molecule has 0 bridgehead atoms. The van der Waals surface area contributed by atoms with Crippen LogP contribution in [0, 0.1) is 5.92 Å². The Morgan fingerprint density at radius 3 is 2.78 bits per heavy atom. The molecule has 1 aliphatic rings. The summed E-state index contributed by atoms with van der Waals surface area (Å²) >= 11 is 6.15. The molecule has 0 heterocycles. The van der Waals surface area contributed by atoms with Gasteiger partial charge in [0, 0.05) is 11.7 Å². The van der Waals surface area contributed by atoms with Gasteiger partial charge in [-0.05, 0) is 37.8 Å². The largest absolute Gasteiger partial charge is 0.465 e. The van der Waals surface area contributed by atoms with Crippen molar-refractivity contribution < 1.29 is 9.53 Å². The minimum Gasteiger partial charge on any atom is -0.465 e. The number of carbonyl (C=O) groups is 1. The van der Waals surface area contributed by atoms with Crippen LogP contribution in [0.1, 0.15) is 30.1 Å². The second-order valence-electron chi connectivity index (χ2n) is 4.69. The maximum Gasteiger partial charge on any atom is 0.340 e. The highest BCUT2D eigenvalue weighted by Gasteiger charge is 2.29. The van der Waals surface area contributed by atoms with Gasteiger partial charge in [0.15, 0.2) is 0 Å². The normalized spacial score (nSPS) is 16.2. The Labute approximate surface area is 111 Å². The summed E-state index contributed by atoms with van der Waals surface area (Å²) < 4.78 is 4.75. The monoisotopic (exact) mass is 268 g/mol. The van der Waals surface area contributed by atoms with E-state index in [-0.39, 0.29) is 6.04 Å². The van der Waals surface area contributed by atoms with Crippen molar-refractivity contribution in [3.8, 4) is 0 Å². The van der Waals surface area contributed by atoms with Crippen molar-refractivity contribution in [2.75, 3.05) is 18.2 Å². The molecule has 1 aromatic rings. The Kier molecular flexibility index (Phi) is 3.66. The SMILES string of the molecule is COC(=O)c1cc(N)cc(Cl)c1NC(C)C1CC1. The third kappa shape index (κ3) is 2.70. The fourth-order valence-electron chi connectivity index (χ4n) is 1.99. The maximum atomic E-state index is 11.7. The number of benzene rings is 1. The number of esters is 1. The number of anilines is 2. The minimum atomic E-state index is -0.435. The van der Waals surface area contributed by atoms with Gasteiger partial charge in [-0.1, -0.05) is 11.6 Å². The van der Waals surface area contributed by atoms with Gasteiger partial charge in [-0.2, -0.15) is 0 Å². The number of nitrogens with two attached hydrogens (primary N) is 1. The molecule has 1 saturated carbocycles. The van der Waals surface area contributed by atoms with Crippen LogP contribution in [0.3, 0.4) is 0 Å². The summed E-state index contributed by atoms with van der Waals surface area (Å²) in [6.45, 7) is 2.09. The summed E-state index contributed by atoms with van der Waals surface area (Å²) in [5.41, 5.74) is 7.15. The van der Waals surface area contributed by atoms with Gasteiger partial charge in [0.2, 0.25) is 0 Å². The molecule has 3 N–H and O–H groups in total. The van der Waals surface area contributed by atoms with Crippen molar-refractivity contribution in [3.05, 3.63) is 22.7 Å². The number of nitrogens with one attached hydrogen (secondary N) is 1. The zero-order valence-corrected chi connectivity index (χ0v) is 11.3. The van der Waals surface area contributed by atoms with Gasteiger partial charge >= 0.3 is 5.97 Å². The molecule has 0 amide bonds. The Bertz CT molecular complexity index is 472. The molecule has 4 nitrogen and oxygen atoms in total. The highest BCUT2D eigenvalue weighted by Crippen LogP contribution is 2.37. The van der Waals surface area contributed by atoms with Crippen LogP contribution in [0.4, 0.5) is 11.4 Å². The van der Waals surface area contributed by atoms with Gasteiger partial charge < -0.3 is 15.8 Å². The number of ether oxygens (including phenoxy) is 1. The standard InChI is InChI=1S/C13H17ClN2O2/c1-7(8-3-4-8)16-12-10(13(17)18-2)5-9(15)6-11(12)14/h5-8,16H,3-4,15H2,1-2H3. The van der Waals surface area contributed by atoms with E-state index in [1.807, 2.05) is 0 Å². The molecule has 0 spiro atoms. The average molecular weight is 269 g/mol. The number of rotatable bonds is 4. The number of methoxy groups -OCH3 is 1. The van der Waals surface area contributed by atoms with Crippen molar-refractivity contribution >= 4 is 28.9 Å². The van der Waals surface area contributed by atoms with E-state index >= 15 is 0 Å².